The lowest BCUT2D eigenvalue weighted by Gasteiger charge is -2.37. The fourth-order valence-corrected chi connectivity index (χ4v) is 6.64. The summed E-state index contributed by atoms with van der Waals surface area (Å²) in [4.78, 5) is 27.0. The van der Waals surface area contributed by atoms with Crippen molar-refractivity contribution in [3.8, 4) is 11.3 Å². The van der Waals surface area contributed by atoms with Crippen LogP contribution in [0.1, 0.15) is 81.4 Å². The van der Waals surface area contributed by atoms with E-state index < -0.39 is 0 Å². The number of rotatable bonds is 9. The molecule has 2 aromatic heterocycles. The Morgan fingerprint density at radius 1 is 1.05 bits per heavy atom. The quantitative estimate of drug-likeness (QED) is 0.305. The van der Waals surface area contributed by atoms with Crippen molar-refractivity contribution in [2.24, 2.45) is 11.0 Å². The molecule has 2 aliphatic heterocycles. The Hall–Kier alpha value is -3.76. The number of amides is 2. The fraction of sp³-hybridized carbons (Fsp3) is 0.545. The van der Waals surface area contributed by atoms with Gasteiger partial charge in [0.05, 0.1) is 17.4 Å². The lowest BCUT2D eigenvalue weighted by Crippen LogP contribution is -2.52. The summed E-state index contributed by atoms with van der Waals surface area (Å²) in [7, 11) is 6.44. The highest BCUT2D eigenvalue weighted by molar-refractivity contribution is 6.35. The minimum Gasteiger partial charge on any atom is -0.337 e. The second kappa shape index (κ2) is 13.5. The van der Waals surface area contributed by atoms with Crippen LogP contribution >= 0.6 is 0 Å². The minimum atomic E-state index is -0.315. The zero-order chi connectivity index (χ0) is 31.5. The van der Waals surface area contributed by atoms with Gasteiger partial charge in [0.15, 0.2) is 0 Å². The molecule has 1 unspecified atom stereocenters. The number of benzene rings is 1. The van der Waals surface area contributed by atoms with E-state index in [1.54, 1.807) is 11.1 Å². The minimum absolute atomic E-state index is 0.171. The van der Waals surface area contributed by atoms with Crippen LogP contribution < -0.4 is 10.4 Å². The number of nitrogens with zero attached hydrogens (tertiary/aromatic N) is 8. The molecule has 232 valence electrons. The lowest BCUT2D eigenvalue weighted by molar-refractivity contribution is 0.139. The van der Waals surface area contributed by atoms with Gasteiger partial charge in [-0.1, -0.05) is 38.2 Å². The maximum atomic E-state index is 14.2. The summed E-state index contributed by atoms with van der Waals surface area (Å²) in [5.74, 6) is 0.880. The van der Waals surface area contributed by atoms with Gasteiger partial charge in [0.1, 0.15) is 13.7 Å². The maximum Gasteiger partial charge on any atom is 0.341 e. The number of urea groups is 1. The first-order valence-electron chi connectivity index (χ1n) is 15.9. The third kappa shape index (κ3) is 6.66. The molecule has 2 radical (unpaired) electrons. The molecule has 0 aliphatic carbocycles. The van der Waals surface area contributed by atoms with E-state index in [2.05, 4.69) is 40.4 Å². The number of aromatic nitrogens is 4. The number of halogens is 1. The van der Waals surface area contributed by atoms with Crippen LogP contribution in [0, 0.1) is 32.5 Å². The highest BCUT2D eigenvalue weighted by Crippen LogP contribution is 2.33. The van der Waals surface area contributed by atoms with Gasteiger partial charge in [-0.15, -0.1) is 0 Å². The molecule has 1 aromatic carbocycles. The van der Waals surface area contributed by atoms with E-state index >= 15 is 0 Å². The van der Waals surface area contributed by atoms with E-state index in [0.717, 1.165) is 53.2 Å². The standard InChI is InChI=1S/C33H44BFN8O/c1-7-9-25(10-8-2)20-42-24(6)30(23(5)39-42)31-28(34)19-36-32(37-31)40-11-13-41(14-12-40)33(44)43-29(17-22(4)38-43)26-15-21(3)16-27(35)18-26/h15-16,18-19,25,29H,7-14,17,20H2,1-6H3. The van der Waals surface area contributed by atoms with Gasteiger partial charge in [-0.3, -0.25) is 4.68 Å². The van der Waals surface area contributed by atoms with Crippen molar-refractivity contribution in [3.63, 3.8) is 0 Å². The normalized spacial score (nSPS) is 17.1. The van der Waals surface area contributed by atoms with Crippen molar-refractivity contribution in [3.05, 3.63) is 52.7 Å². The Morgan fingerprint density at radius 2 is 1.75 bits per heavy atom. The van der Waals surface area contributed by atoms with E-state index in [-0.39, 0.29) is 17.9 Å². The van der Waals surface area contributed by atoms with Crippen LogP contribution in [0.15, 0.2) is 29.5 Å². The maximum absolute atomic E-state index is 14.2. The Bertz CT molecular complexity index is 1500. The van der Waals surface area contributed by atoms with Crippen LogP contribution in [0.5, 0.6) is 0 Å². The Kier molecular flexibility index (Phi) is 9.70. The highest BCUT2D eigenvalue weighted by atomic mass is 19.1. The lowest BCUT2D eigenvalue weighted by atomic mass is 9.91. The number of hydrogen-bond acceptors (Lipinski definition) is 6. The Morgan fingerprint density at radius 3 is 2.41 bits per heavy atom. The van der Waals surface area contributed by atoms with Crippen molar-refractivity contribution >= 4 is 31.0 Å². The molecule has 0 N–H and O–H groups in total. The van der Waals surface area contributed by atoms with Crippen LogP contribution in [-0.4, -0.2) is 75.4 Å². The summed E-state index contributed by atoms with van der Waals surface area (Å²) in [6.07, 6.45) is 6.96. The van der Waals surface area contributed by atoms with Gasteiger partial charge in [0.25, 0.3) is 0 Å². The molecule has 2 amide bonds. The Labute approximate surface area is 262 Å². The summed E-state index contributed by atoms with van der Waals surface area (Å²) in [5.41, 5.74) is 6.60. The summed E-state index contributed by atoms with van der Waals surface area (Å²) in [6.45, 7) is 15.4. The van der Waals surface area contributed by atoms with Crippen LogP contribution in [0.3, 0.4) is 0 Å². The van der Waals surface area contributed by atoms with Gasteiger partial charge in [-0.05, 0) is 69.7 Å². The van der Waals surface area contributed by atoms with E-state index in [1.807, 2.05) is 26.8 Å². The molecule has 1 saturated heterocycles. The van der Waals surface area contributed by atoms with Crippen LogP contribution in [-0.2, 0) is 6.54 Å². The van der Waals surface area contributed by atoms with Crippen LogP contribution in [0.4, 0.5) is 15.1 Å². The number of carbonyl (C=O) groups excluding carboxylic acids is 1. The molecular formula is C33H44BFN8O. The van der Waals surface area contributed by atoms with E-state index in [1.165, 1.54) is 30.0 Å². The molecule has 1 fully saturated rings. The molecule has 0 spiro atoms. The molecule has 3 aromatic rings. The van der Waals surface area contributed by atoms with Crippen molar-refractivity contribution in [1.82, 2.24) is 29.7 Å². The Balaban J connectivity index is 1.30. The summed E-state index contributed by atoms with van der Waals surface area (Å²) in [6, 6.07) is 4.44. The smallest absolute Gasteiger partial charge is 0.337 e. The average Bonchev–Trinajstić information content (AvgIpc) is 3.51. The number of hydrazone groups is 1. The zero-order valence-corrected chi connectivity index (χ0v) is 27.0. The number of aryl methyl sites for hydroxylation is 2. The van der Waals surface area contributed by atoms with E-state index in [4.69, 9.17) is 17.9 Å². The monoisotopic (exact) mass is 598 g/mol. The van der Waals surface area contributed by atoms with E-state index in [0.29, 0.717) is 55.6 Å². The molecule has 9 nitrogen and oxygen atoms in total. The fourth-order valence-electron chi connectivity index (χ4n) is 6.64. The van der Waals surface area contributed by atoms with Crippen molar-refractivity contribution in [2.45, 2.75) is 86.2 Å². The summed E-state index contributed by atoms with van der Waals surface area (Å²) in [5, 5.41) is 11.0. The number of hydrogen-bond donors (Lipinski definition) is 0. The molecule has 0 saturated carbocycles. The van der Waals surface area contributed by atoms with Crippen molar-refractivity contribution in [1.29, 1.82) is 0 Å². The SMILES string of the molecule is [B]c1cnc(N2CCN(C(=O)N3N=C(C)CC3c3cc(C)cc(F)c3)CC2)nc1-c1c(C)nn(CC(CCC)CCC)c1C. The second-order valence-electron chi connectivity index (χ2n) is 12.4. The molecule has 5 rings (SSSR count). The second-order valence-corrected chi connectivity index (χ2v) is 12.4. The van der Waals surface area contributed by atoms with Gasteiger partial charge in [0, 0.05) is 62.3 Å². The van der Waals surface area contributed by atoms with Crippen LogP contribution in [0.2, 0.25) is 0 Å². The predicted molar refractivity (Wildman–Crippen MR) is 174 cm³/mol. The molecule has 11 heteroatoms. The van der Waals surface area contributed by atoms with Crippen molar-refractivity contribution in [2.75, 3.05) is 31.1 Å². The molecule has 1 atom stereocenters. The zero-order valence-electron chi connectivity index (χ0n) is 27.0. The van der Waals surface area contributed by atoms with Gasteiger partial charge in [-0.2, -0.15) is 10.2 Å². The van der Waals surface area contributed by atoms with Gasteiger partial charge >= 0.3 is 6.03 Å². The highest BCUT2D eigenvalue weighted by Gasteiger charge is 2.35. The predicted octanol–water partition coefficient (Wildman–Crippen LogP) is 5.48. The van der Waals surface area contributed by atoms with Gasteiger partial charge < -0.3 is 9.80 Å². The third-order valence-corrected chi connectivity index (χ3v) is 8.79. The first-order chi connectivity index (χ1) is 21.1. The summed E-state index contributed by atoms with van der Waals surface area (Å²) >= 11 is 0. The molecule has 44 heavy (non-hydrogen) atoms. The van der Waals surface area contributed by atoms with Crippen LogP contribution in [0.25, 0.3) is 11.3 Å². The average molecular weight is 599 g/mol. The molecular weight excluding hydrogens is 554 g/mol. The molecule has 0 bridgehead atoms. The van der Waals surface area contributed by atoms with E-state index in [9.17, 15) is 9.18 Å². The largest absolute Gasteiger partial charge is 0.341 e. The number of piperazine rings is 1. The number of anilines is 1. The first-order valence-corrected chi connectivity index (χ1v) is 15.9. The third-order valence-electron chi connectivity index (χ3n) is 8.79. The summed E-state index contributed by atoms with van der Waals surface area (Å²) < 4.78 is 16.3. The van der Waals surface area contributed by atoms with Crippen molar-refractivity contribution < 1.29 is 9.18 Å². The van der Waals surface area contributed by atoms with Gasteiger partial charge in [-0.25, -0.2) is 24.2 Å². The van der Waals surface area contributed by atoms with Gasteiger partial charge in [0.2, 0.25) is 5.95 Å². The number of carbonyl (C=O) groups is 1. The topological polar surface area (TPSA) is 82.8 Å². The first kappa shape index (κ1) is 31.7. The molecule has 4 heterocycles. The molecule has 2 aliphatic rings.